The average molecular weight is 200 g/mol. The van der Waals surface area contributed by atoms with Crippen LogP contribution in [-0.4, -0.2) is 21.6 Å². The van der Waals surface area contributed by atoms with E-state index in [2.05, 4.69) is 6.92 Å². The highest BCUT2D eigenvalue weighted by molar-refractivity contribution is 8.01. The average Bonchev–Trinajstić information content (AvgIpc) is 2.53. The van der Waals surface area contributed by atoms with Crippen molar-refractivity contribution in [3.8, 4) is 0 Å². The number of hydrogen-bond acceptors (Lipinski definition) is 2. The Bertz CT molecular complexity index is 201. The maximum atomic E-state index is 10.6. The molecule has 1 aliphatic rings. The predicted molar refractivity (Wildman–Crippen MR) is 56.1 cm³/mol. The number of unbranched alkanes of at least 4 members (excludes halogenated alkanes) is 2. The Hall–Kier alpha value is -0.440. The van der Waals surface area contributed by atoms with Crippen molar-refractivity contribution in [3.63, 3.8) is 0 Å². The summed E-state index contributed by atoms with van der Waals surface area (Å²) in [4.78, 5) is 10.6. The number of hydrogen-bond donors (Lipinski definition) is 1. The summed E-state index contributed by atoms with van der Waals surface area (Å²) >= 11 is 1.56. The van der Waals surface area contributed by atoms with Crippen molar-refractivity contribution in [1.82, 2.24) is 0 Å². The van der Waals surface area contributed by atoms with Gasteiger partial charge in [-0.2, -0.15) is 0 Å². The molecule has 0 aromatic heterocycles. The fourth-order valence-corrected chi connectivity index (χ4v) is 2.56. The lowest BCUT2D eigenvalue weighted by molar-refractivity contribution is -0.135. The highest BCUT2D eigenvalue weighted by Crippen LogP contribution is 2.30. The Morgan fingerprint density at radius 3 is 2.77 bits per heavy atom. The molecule has 13 heavy (non-hydrogen) atoms. The van der Waals surface area contributed by atoms with Crippen molar-refractivity contribution in [2.75, 3.05) is 0 Å². The fraction of sp³-hybridized carbons (Fsp3) is 0.700. The van der Waals surface area contributed by atoms with Gasteiger partial charge in [-0.25, -0.2) is 0 Å². The molecule has 3 heteroatoms. The second kappa shape index (κ2) is 5.32. The minimum Gasteiger partial charge on any atom is -0.480 e. The number of aliphatic carboxylic acids is 1. The minimum absolute atomic E-state index is 0.299. The largest absolute Gasteiger partial charge is 0.480 e. The van der Waals surface area contributed by atoms with Crippen LogP contribution in [0.3, 0.4) is 0 Å². The highest BCUT2D eigenvalue weighted by Gasteiger charge is 2.24. The van der Waals surface area contributed by atoms with Crippen molar-refractivity contribution in [2.45, 2.75) is 43.1 Å². The van der Waals surface area contributed by atoms with E-state index in [9.17, 15) is 4.79 Å². The molecule has 1 aliphatic heterocycles. The maximum absolute atomic E-state index is 10.6. The van der Waals surface area contributed by atoms with Gasteiger partial charge in [0.05, 0.1) is 0 Å². The van der Waals surface area contributed by atoms with Crippen molar-refractivity contribution in [1.29, 1.82) is 0 Å². The molecule has 0 bridgehead atoms. The van der Waals surface area contributed by atoms with Gasteiger partial charge >= 0.3 is 5.97 Å². The van der Waals surface area contributed by atoms with Crippen LogP contribution in [0, 0.1) is 0 Å². The molecule has 2 nitrogen and oxygen atoms in total. The molecule has 0 radical (unpaired) electrons. The van der Waals surface area contributed by atoms with E-state index in [1.165, 1.54) is 19.3 Å². The van der Waals surface area contributed by atoms with Crippen LogP contribution in [-0.2, 0) is 4.79 Å². The van der Waals surface area contributed by atoms with Gasteiger partial charge in [-0.3, -0.25) is 4.79 Å². The molecule has 0 amide bonds. The summed E-state index contributed by atoms with van der Waals surface area (Å²) in [5.41, 5.74) is 0. The van der Waals surface area contributed by atoms with E-state index in [-0.39, 0.29) is 5.25 Å². The first kappa shape index (κ1) is 10.6. The first-order valence-corrected chi connectivity index (χ1v) is 5.75. The number of carboxylic acid groups (broad SMARTS) is 1. The zero-order valence-corrected chi connectivity index (χ0v) is 8.72. The van der Waals surface area contributed by atoms with Crippen LogP contribution in [0.5, 0.6) is 0 Å². The summed E-state index contributed by atoms with van der Waals surface area (Å²) in [5, 5.41) is 8.87. The van der Waals surface area contributed by atoms with Gasteiger partial charge in [-0.15, -0.1) is 11.8 Å². The Balaban J connectivity index is 2.19. The lowest BCUT2D eigenvalue weighted by Crippen LogP contribution is -2.11. The molecular formula is C10H16O2S. The summed E-state index contributed by atoms with van der Waals surface area (Å²) in [5.74, 6) is -0.709. The lowest BCUT2D eigenvalue weighted by Gasteiger charge is -2.07. The van der Waals surface area contributed by atoms with E-state index < -0.39 is 5.97 Å². The Morgan fingerprint density at radius 1 is 1.46 bits per heavy atom. The van der Waals surface area contributed by atoms with Crippen LogP contribution in [0.25, 0.3) is 0 Å². The Labute approximate surface area is 83.4 Å². The van der Waals surface area contributed by atoms with E-state index in [0.717, 1.165) is 6.42 Å². The van der Waals surface area contributed by atoms with Gasteiger partial charge in [-0.1, -0.05) is 38.3 Å². The molecule has 1 rings (SSSR count). The van der Waals surface area contributed by atoms with Crippen LogP contribution in [0.1, 0.15) is 32.6 Å². The van der Waals surface area contributed by atoms with Crippen LogP contribution in [0.2, 0.25) is 0 Å². The zero-order chi connectivity index (χ0) is 9.68. The molecule has 1 heterocycles. The third-order valence-electron chi connectivity index (χ3n) is 2.16. The normalized spacial score (nSPS) is 26.5. The van der Waals surface area contributed by atoms with Crippen LogP contribution in [0.4, 0.5) is 0 Å². The van der Waals surface area contributed by atoms with Gasteiger partial charge in [0.25, 0.3) is 0 Å². The standard InChI is InChI=1S/C10H16O2S/c1-2-3-4-5-8-6-7-9(13-8)10(11)12/h6-9H,2-5H2,1H3,(H,11,12)/t8-,9+/m0/s1. The molecule has 2 atom stereocenters. The third kappa shape index (κ3) is 3.43. The van der Waals surface area contributed by atoms with Crippen molar-refractivity contribution < 1.29 is 9.90 Å². The molecule has 0 fully saturated rings. The van der Waals surface area contributed by atoms with Crippen molar-refractivity contribution >= 4 is 17.7 Å². The number of carboxylic acids is 1. The lowest BCUT2D eigenvalue weighted by atomic mass is 10.1. The van der Waals surface area contributed by atoms with Gasteiger partial charge in [0.1, 0.15) is 5.25 Å². The van der Waals surface area contributed by atoms with Crippen LogP contribution < -0.4 is 0 Å². The molecule has 0 unspecified atom stereocenters. The molecule has 0 saturated heterocycles. The molecule has 0 aromatic rings. The molecule has 0 saturated carbocycles. The summed E-state index contributed by atoms with van der Waals surface area (Å²) < 4.78 is 0. The van der Waals surface area contributed by atoms with Gasteiger partial charge in [-0.05, 0) is 6.42 Å². The molecule has 74 valence electrons. The summed E-state index contributed by atoms with van der Waals surface area (Å²) in [7, 11) is 0. The van der Waals surface area contributed by atoms with Crippen LogP contribution in [0.15, 0.2) is 12.2 Å². The van der Waals surface area contributed by atoms with Gasteiger partial charge in [0.2, 0.25) is 0 Å². The Kier molecular flexibility index (Phi) is 4.36. The monoisotopic (exact) mass is 200 g/mol. The van der Waals surface area contributed by atoms with E-state index >= 15 is 0 Å². The van der Waals surface area contributed by atoms with Gasteiger partial charge in [0, 0.05) is 5.25 Å². The number of rotatable bonds is 5. The Morgan fingerprint density at radius 2 is 2.23 bits per heavy atom. The van der Waals surface area contributed by atoms with E-state index in [1.807, 2.05) is 12.2 Å². The van der Waals surface area contributed by atoms with Crippen LogP contribution >= 0.6 is 11.8 Å². The summed E-state index contributed by atoms with van der Waals surface area (Å²) in [6, 6.07) is 0. The molecule has 0 aliphatic carbocycles. The fourth-order valence-electron chi connectivity index (χ4n) is 1.40. The quantitative estimate of drug-likeness (QED) is 0.547. The van der Waals surface area contributed by atoms with Crippen molar-refractivity contribution in [3.05, 3.63) is 12.2 Å². The smallest absolute Gasteiger partial charge is 0.320 e. The second-order valence-corrected chi connectivity index (χ2v) is 4.70. The first-order chi connectivity index (χ1) is 6.24. The van der Waals surface area contributed by atoms with E-state index in [1.54, 1.807) is 11.8 Å². The van der Waals surface area contributed by atoms with Gasteiger partial charge < -0.3 is 5.11 Å². The van der Waals surface area contributed by atoms with E-state index in [0.29, 0.717) is 5.25 Å². The van der Waals surface area contributed by atoms with Gasteiger partial charge in [0.15, 0.2) is 0 Å². The van der Waals surface area contributed by atoms with Crippen molar-refractivity contribution in [2.24, 2.45) is 0 Å². The minimum atomic E-state index is -0.709. The molecule has 0 spiro atoms. The second-order valence-electron chi connectivity index (χ2n) is 3.31. The number of thioether (sulfide) groups is 1. The molecule has 0 aromatic carbocycles. The molecule has 1 N–H and O–H groups in total. The summed E-state index contributed by atoms with van der Waals surface area (Å²) in [6.07, 6.45) is 8.67. The third-order valence-corrected chi connectivity index (χ3v) is 3.55. The first-order valence-electron chi connectivity index (χ1n) is 4.80. The molecular weight excluding hydrogens is 184 g/mol. The highest BCUT2D eigenvalue weighted by atomic mass is 32.2. The SMILES string of the molecule is CCCCC[C@H]1C=C[C@H](C(=O)O)S1. The maximum Gasteiger partial charge on any atom is 0.320 e. The summed E-state index contributed by atoms with van der Waals surface area (Å²) in [6.45, 7) is 2.18. The van der Waals surface area contributed by atoms with E-state index in [4.69, 9.17) is 5.11 Å². The zero-order valence-electron chi connectivity index (χ0n) is 7.90. The predicted octanol–water partition coefficient (Wildman–Crippen LogP) is 2.69. The topological polar surface area (TPSA) is 37.3 Å². The number of carbonyl (C=O) groups is 1.